The SMILES string of the molecule is O=C(Cl)/C=C\C(=O)OCc1ccccc1. The van der Waals surface area contributed by atoms with Gasteiger partial charge in [0.25, 0.3) is 0 Å². The Labute approximate surface area is 92.3 Å². The first-order valence-corrected chi connectivity index (χ1v) is 4.64. The molecule has 0 heterocycles. The Balaban J connectivity index is 2.38. The topological polar surface area (TPSA) is 43.4 Å². The van der Waals surface area contributed by atoms with Crippen molar-refractivity contribution in [1.82, 2.24) is 0 Å². The number of halogens is 1. The third-order valence-electron chi connectivity index (χ3n) is 1.57. The highest BCUT2D eigenvalue weighted by Gasteiger charge is 1.98. The van der Waals surface area contributed by atoms with Crippen molar-refractivity contribution in [2.45, 2.75) is 6.61 Å². The molecule has 0 bridgehead atoms. The molecule has 0 aliphatic carbocycles. The minimum Gasteiger partial charge on any atom is -0.458 e. The summed E-state index contributed by atoms with van der Waals surface area (Å²) < 4.78 is 4.84. The fraction of sp³-hybridized carbons (Fsp3) is 0.0909. The molecule has 1 rings (SSSR count). The third-order valence-corrected chi connectivity index (χ3v) is 1.70. The van der Waals surface area contributed by atoms with Gasteiger partial charge >= 0.3 is 5.97 Å². The average molecular weight is 225 g/mol. The molecule has 3 nitrogen and oxygen atoms in total. The second kappa shape index (κ2) is 5.98. The smallest absolute Gasteiger partial charge is 0.331 e. The number of esters is 1. The predicted octanol–water partition coefficient (Wildman–Crippen LogP) is 2.05. The Morgan fingerprint density at radius 3 is 2.47 bits per heavy atom. The number of carbonyl (C=O) groups is 2. The van der Waals surface area contributed by atoms with Crippen LogP contribution in [0.15, 0.2) is 42.5 Å². The molecule has 0 unspecified atom stereocenters. The largest absolute Gasteiger partial charge is 0.458 e. The molecular weight excluding hydrogens is 216 g/mol. The van der Waals surface area contributed by atoms with Crippen LogP contribution in [-0.4, -0.2) is 11.2 Å². The quantitative estimate of drug-likeness (QED) is 0.447. The van der Waals surface area contributed by atoms with Crippen LogP contribution in [0.1, 0.15) is 5.56 Å². The molecule has 78 valence electrons. The Kier molecular flexibility index (Phi) is 4.57. The zero-order valence-corrected chi connectivity index (χ0v) is 8.61. The summed E-state index contributed by atoms with van der Waals surface area (Å²) in [5.41, 5.74) is 0.886. The van der Waals surface area contributed by atoms with Crippen LogP contribution < -0.4 is 0 Å². The van der Waals surface area contributed by atoms with Crippen LogP contribution in [-0.2, 0) is 20.9 Å². The van der Waals surface area contributed by atoms with Crippen LogP contribution in [0.2, 0.25) is 0 Å². The number of hydrogen-bond donors (Lipinski definition) is 0. The monoisotopic (exact) mass is 224 g/mol. The van der Waals surface area contributed by atoms with E-state index in [1.54, 1.807) is 0 Å². The Morgan fingerprint density at radius 2 is 1.87 bits per heavy atom. The normalized spacial score (nSPS) is 10.2. The molecule has 1 aromatic carbocycles. The summed E-state index contributed by atoms with van der Waals surface area (Å²) in [6, 6.07) is 9.24. The lowest BCUT2D eigenvalue weighted by molar-refractivity contribution is -0.139. The molecule has 0 amide bonds. The molecule has 0 N–H and O–H groups in total. The summed E-state index contributed by atoms with van der Waals surface area (Å²) in [6.45, 7) is 0.181. The second-order valence-electron chi connectivity index (χ2n) is 2.73. The number of hydrogen-bond acceptors (Lipinski definition) is 3. The highest BCUT2D eigenvalue weighted by atomic mass is 35.5. The molecular formula is C11H9ClO3. The van der Waals surface area contributed by atoms with Gasteiger partial charge in [0.2, 0.25) is 5.24 Å². The average Bonchev–Trinajstić information content (AvgIpc) is 2.25. The molecule has 0 radical (unpaired) electrons. The van der Waals surface area contributed by atoms with Gasteiger partial charge in [0.1, 0.15) is 6.61 Å². The minimum absolute atomic E-state index is 0.181. The van der Waals surface area contributed by atoms with Gasteiger partial charge in [0, 0.05) is 12.2 Å². The van der Waals surface area contributed by atoms with Gasteiger partial charge in [-0.25, -0.2) is 4.79 Å². The fourth-order valence-corrected chi connectivity index (χ4v) is 0.973. The van der Waals surface area contributed by atoms with E-state index in [4.69, 9.17) is 16.3 Å². The van der Waals surface area contributed by atoms with Crippen molar-refractivity contribution < 1.29 is 14.3 Å². The third kappa shape index (κ3) is 4.98. The lowest BCUT2D eigenvalue weighted by Gasteiger charge is -2.00. The van der Waals surface area contributed by atoms with Crippen LogP contribution in [0.3, 0.4) is 0 Å². The molecule has 15 heavy (non-hydrogen) atoms. The summed E-state index contributed by atoms with van der Waals surface area (Å²) in [5.74, 6) is -0.590. The summed E-state index contributed by atoms with van der Waals surface area (Å²) in [6.07, 6.45) is 1.95. The minimum atomic E-state index is -0.702. The van der Waals surface area contributed by atoms with E-state index in [-0.39, 0.29) is 6.61 Å². The van der Waals surface area contributed by atoms with Crippen molar-refractivity contribution in [2.24, 2.45) is 0 Å². The van der Waals surface area contributed by atoms with Crippen LogP contribution >= 0.6 is 11.6 Å². The van der Waals surface area contributed by atoms with Gasteiger partial charge in [-0.1, -0.05) is 30.3 Å². The van der Waals surface area contributed by atoms with Crippen LogP contribution in [0.5, 0.6) is 0 Å². The molecule has 0 saturated heterocycles. The van der Waals surface area contributed by atoms with Crippen molar-refractivity contribution in [1.29, 1.82) is 0 Å². The van der Waals surface area contributed by atoms with E-state index in [1.165, 1.54) is 0 Å². The lowest BCUT2D eigenvalue weighted by Crippen LogP contribution is -2.01. The molecule has 0 saturated carbocycles. The highest BCUT2D eigenvalue weighted by Crippen LogP contribution is 2.00. The van der Waals surface area contributed by atoms with Gasteiger partial charge in [0.05, 0.1) is 0 Å². The maximum Gasteiger partial charge on any atom is 0.331 e. The van der Waals surface area contributed by atoms with E-state index in [0.29, 0.717) is 0 Å². The van der Waals surface area contributed by atoms with Crippen molar-refractivity contribution in [3.63, 3.8) is 0 Å². The van der Waals surface area contributed by atoms with Gasteiger partial charge in [0.15, 0.2) is 0 Å². The van der Waals surface area contributed by atoms with Crippen molar-refractivity contribution in [3.8, 4) is 0 Å². The maximum absolute atomic E-state index is 11.0. The summed E-state index contributed by atoms with van der Waals surface area (Å²) >= 11 is 5.01. The predicted molar refractivity (Wildman–Crippen MR) is 56.2 cm³/mol. The highest BCUT2D eigenvalue weighted by molar-refractivity contribution is 6.66. The van der Waals surface area contributed by atoms with E-state index < -0.39 is 11.2 Å². The Hall–Kier alpha value is -1.61. The Morgan fingerprint density at radius 1 is 1.20 bits per heavy atom. The van der Waals surface area contributed by atoms with E-state index >= 15 is 0 Å². The standard InChI is InChI=1S/C11H9ClO3/c12-10(13)6-7-11(14)15-8-9-4-2-1-3-5-9/h1-7H,8H2/b7-6-. The maximum atomic E-state index is 11.0. The molecule has 0 aromatic heterocycles. The number of rotatable bonds is 4. The number of carbonyl (C=O) groups excluding carboxylic acids is 2. The molecule has 0 aliphatic rings. The second-order valence-corrected chi connectivity index (χ2v) is 3.10. The molecule has 1 aromatic rings. The van der Waals surface area contributed by atoms with Gasteiger partial charge < -0.3 is 4.74 Å². The van der Waals surface area contributed by atoms with Crippen molar-refractivity contribution in [2.75, 3.05) is 0 Å². The molecule has 0 fully saturated rings. The first-order chi connectivity index (χ1) is 7.18. The van der Waals surface area contributed by atoms with E-state index in [2.05, 4.69) is 0 Å². The lowest BCUT2D eigenvalue weighted by atomic mass is 10.2. The number of allylic oxidation sites excluding steroid dienone is 1. The van der Waals surface area contributed by atoms with Crippen molar-refractivity contribution >= 4 is 22.8 Å². The van der Waals surface area contributed by atoms with E-state index in [9.17, 15) is 9.59 Å². The van der Waals surface area contributed by atoms with Crippen LogP contribution in [0.4, 0.5) is 0 Å². The molecule has 0 aliphatic heterocycles. The first-order valence-electron chi connectivity index (χ1n) is 4.26. The van der Waals surface area contributed by atoms with Crippen LogP contribution in [0.25, 0.3) is 0 Å². The summed E-state index contributed by atoms with van der Waals surface area (Å²) in [7, 11) is 0. The number of benzene rings is 1. The van der Waals surface area contributed by atoms with E-state index in [0.717, 1.165) is 17.7 Å². The Bertz CT molecular complexity index is 371. The molecule has 4 heteroatoms. The molecule has 0 spiro atoms. The summed E-state index contributed by atoms with van der Waals surface area (Å²) in [5, 5.41) is -0.702. The first kappa shape index (κ1) is 11.5. The zero-order valence-electron chi connectivity index (χ0n) is 7.85. The summed E-state index contributed by atoms with van der Waals surface area (Å²) in [4.78, 5) is 21.3. The fourth-order valence-electron chi connectivity index (χ4n) is 0.910. The molecule has 0 atom stereocenters. The van der Waals surface area contributed by atoms with Gasteiger partial charge in [-0.15, -0.1) is 0 Å². The van der Waals surface area contributed by atoms with Gasteiger partial charge in [-0.05, 0) is 17.2 Å². The van der Waals surface area contributed by atoms with E-state index in [1.807, 2.05) is 30.3 Å². The van der Waals surface area contributed by atoms with Gasteiger partial charge in [-0.2, -0.15) is 0 Å². The number of ether oxygens (including phenoxy) is 1. The van der Waals surface area contributed by atoms with Crippen LogP contribution in [0, 0.1) is 0 Å². The van der Waals surface area contributed by atoms with Crippen molar-refractivity contribution in [3.05, 3.63) is 48.0 Å². The zero-order chi connectivity index (χ0) is 11.1. The van der Waals surface area contributed by atoms with Gasteiger partial charge in [-0.3, -0.25) is 4.79 Å².